The normalized spacial score (nSPS) is 10.8. The van der Waals surface area contributed by atoms with Crippen LogP contribution in [0.4, 0.5) is 15.2 Å². The van der Waals surface area contributed by atoms with E-state index in [-0.39, 0.29) is 42.3 Å². The molecule has 0 fully saturated rings. The van der Waals surface area contributed by atoms with Gasteiger partial charge in [-0.25, -0.2) is 9.37 Å². The molecular formula is C22H23FN4O4S. The number of amides is 3. The average molecular weight is 459 g/mol. The van der Waals surface area contributed by atoms with Crippen LogP contribution in [0.15, 0.2) is 52.5 Å². The Morgan fingerprint density at radius 3 is 2.53 bits per heavy atom. The Bertz CT molecular complexity index is 1060. The molecule has 2 aromatic heterocycles. The lowest BCUT2D eigenvalue weighted by atomic mass is 10.2. The van der Waals surface area contributed by atoms with E-state index in [1.807, 2.05) is 13.8 Å². The Hall–Kier alpha value is -3.53. The maximum absolute atomic E-state index is 13.0. The zero-order valence-electron chi connectivity index (χ0n) is 17.6. The third-order valence-corrected chi connectivity index (χ3v) is 5.01. The number of rotatable bonds is 9. The molecule has 0 atom stereocenters. The molecule has 32 heavy (non-hydrogen) atoms. The number of carbonyl (C=O) groups excluding carboxylic acids is 3. The van der Waals surface area contributed by atoms with Crippen LogP contribution in [-0.2, 0) is 16.0 Å². The van der Waals surface area contributed by atoms with Crippen LogP contribution in [0.5, 0.6) is 0 Å². The molecular weight excluding hydrogens is 435 g/mol. The summed E-state index contributed by atoms with van der Waals surface area (Å²) in [4.78, 5) is 42.9. The number of nitrogens with one attached hydrogen (secondary N) is 2. The van der Waals surface area contributed by atoms with Gasteiger partial charge in [0.2, 0.25) is 11.8 Å². The number of thiazole rings is 1. The number of carbonyl (C=O) groups is 3. The summed E-state index contributed by atoms with van der Waals surface area (Å²) in [5, 5.41) is 7.32. The van der Waals surface area contributed by atoms with Gasteiger partial charge in [0, 0.05) is 17.6 Å². The van der Waals surface area contributed by atoms with E-state index in [0.29, 0.717) is 23.1 Å². The van der Waals surface area contributed by atoms with Gasteiger partial charge < -0.3 is 20.0 Å². The van der Waals surface area contributed by atoms with Crippen molar-refractivity contribution in [3.8, 4) is 0 Å². The molecule has 0 bridgehead atoms. The standard InChI is InChI=1S/C22H23FN4O4S/c1-14(2)11-27(21(30)18-4-3-9-31-18)12-20(29)26-22-25-17(13-32-22)10-19(28)24-16-7-5-15(23)6-8-16/h3-9,13-14H,10-12H2,1-2H3,(H,24,28)(H,25,26,29). The first kappa shape index (κ1) is 23.1. The van der Waals surface area contributed by atoms with Gasteiger partial charge in [0.15, 0.2) is 10.9 Å². The number of aromatic nitrogens is 1. The predicted molar refractivity (Wildman–Crippen MR) is 119 cm³/mol. The lowest BCUT2D eigenvalue weighted by molar-refractivity contribution is -0.117. The summed E-state index contributed by atoms with van der Waals surface area (Å²) in [6.07, 6.45) is 1.41. The lowest BCUT2D eigenvalue weighted by Crippen LogP contribution is -2.40. The van der Waals surface area contributed by atoms with Gasteiger partial charge in [0.05, 0.1) is 18.4 Å². The molecule has 10 heteroatoms. The topological polar surface area (TPSA) is 105 Å². The molecule has 2 heterocycles. The van der Waals surface area contributed by atoms with E-state index in [1.54, 1.807) is 17.5 Å². The van der Waals surface area contributed by atoms with Crippen LogP contribution in [0, 0.1) is 11.7 Å². The Labute approximate surface area is 188 Å². The zero-order chi connectivity index (χ0) is 23.1. The zero-order valence-corrected chi connectivity index (χ0v) is 18.4. The maximum atomic E-state index is 13.0. The Kier molecular flexibility index (Phi) is 7.72. The smallest absolute Gasteiger partial charge is 0.290 e. The van der Waals surface area contributed by atoms with Gasteiger partial charge in [-0.2, -0.15) is 0 Å². The second-order valence-corrected chi connectivity index (χ2v) is 8.34. The van der Waals surface area contributed by atoms with Crippen LogP contribution >= 0.6 is 11.3 Å². The summed E-state index contributed by atoms with van der Waals surface area (Å²) in [5.74, 6) is -1.14. The lowest BCUT2D eigenvalue weighted by Gasteiger charge is -2.22. The largest absolute Gasteiger partial charge is 0.459 e. The molecule has 0 spiro atoms. The van der Waals surface area contributed by atoms with Crippen LogP contribution in [0.25, 0.3) is 0 Å². The molecule has 0 saturated carbocycles. The summed E-state index contributed by atoms with van der Waals surface area (Å²) in [7, 11) is 0. The number of nitrogens with zero attached hydrogens (tertiary/aromatic N) is 2. The van der Waals surface area contributed by atoms with E-state index in [2.05, 4.69) is 15.6 Å². The maximum Gasteiger partial charge on any atom is 0.290 e. The minimum absolute atomic E-state index is 0.000199. The second-order valence-electron chi connectivity index (χ2n) is 7.48. The third-order valence-electron chi connectivity index (χ3n) is 4.21. The van der Waals surface area contributed by atoms with Crippen LogP contribution in [0.2, 0.25) is 0 Å². The van der Waals surface area contributed by atoms with Gasteiger partial charge >= 0.3 is 0 Å². The number of benzene rings is 1. The van der Waals surface area contributed by atoms with Crippen LogP contribution in [0.1, 0.15) is 30.1 Å². The quantitative estimate of drug-likeness (QED) is 0.508. The van der Waals surface area contributed by atoms with Gasteiger partial charge in [0.25, 0.3) is 5.91 Å². The summed E-state index contributed by atoms with van der Waals surface area (Å²) in [5.41, 5.74) is 0.960. The van der Waals surface area contributed by atoms with Crippen molar-refractivity contribution in [2.24, 2.45) is 5.92 Å². The van der Waals surface area contributed by atoms with E-state index < -0.39 is 5.91 Å². The number of furan rings is 1. The predicted octanol–water partition coefficient (Wildman–Crippen LogP) is 3.79. The molecule has 2 N–H and O–H groups in total. The van der Waals surface area contributed by atoms with E-state index in [1.165, 1.54) is 46.8 Å². The molecule has 0 radical (unpaired) electrons. The van der Waals surface area contributed by atoms with Gasteiger partial charge in [-0.15, -0.1) is 11.3 Å². The fourth-order valence-corrected chi connectivity index (χ4v) is 3.62. The van der Waals surface area contributed by atoms with Crippen molar-refractivity contribution in [2.75, 3.05) is 23.7 Å². The highest BCUT2D eigenvalue weighted by Gasteiger charge is 2.22. The van der Waals surface area contributed by atoms with E-state index in [0.717, 1.165) is 0 Å². The minimum atomic E-state index is -0.401. The summed E-state index contributed by atoms with van der Waals surface area (Å²) in [6.45, 7) is 4.13. The number of hydrogen-bond donors (Lipinski definition) is 2. The molecule has 0 unspecified atom stereocenters. The van der Waals surface area contributed by atoms with Crippen molar-refractivity contribution in [1.29, 1.82) is 0 Å². The van der Waals surface area contributed by atoms with E-state index in [4.69, 9.17) is 4.42 Å². The first-order valence-electron chi connectivity index (χ1n) is 9.92. The van der Waals surface area contributed by atoms with Crippen molar-refractivity contribution in [1.82, 2.24) is 9.88 Å². The highest BCUT2D eigenvalue weighted by molar-refractivity contribution is 7.13. The molecule has 3 amide bonds. The highest BCUT2D eigenvalue weighted by atomic mass is 32.1. The fourth-order valence-electron chi connectivity index (χ4n) is 2.90. The van der Waals surface area contributed by atoms with Crippen molar-refractivity contribution in [3.05, 3.63) is 65.3 Å². The number of anilines is 2. The van der Waals surface area contributed by atoms with Crippen molar-refractivity contribution in [2.45, 2.75) is 20.3 Å². The van der Waals surface area contributed by atoms with Crippen LogP contribution in [0.3, 0.4) is 0 Å². The molecule has 0 saturated heterocycles. The molecule has 3 rings (SSSR count). The molecule has 0 aliphatic rings. The summed E-state index contributed by atoms with van der Waals surface area (Å²) >= 11 is 1.18. The average Bonchev–Trinajstić information content (AvgIpc) is 3.40. The van der Waals surface area contributed by atoms with E-state index in [9.17, 15) is 18.8 Å². The number of hydrogen-bond acceptors (Lipinski definition) is 6. The minimum Gasteiger partial charge on any atom is -0.459 e. The number of halogens is 1. The Morgan fingerprint density at radius 2 is 1.88 bits per heavy atom. The molecule has 168 valence electrons. The second kappa shape index (κ2) is 10.7. The van der Waals surface area contributed by atoms with Gasteiger partial charge in [0.1, 0.15) is 12.4 Å². The van der Waals surface area contributed by atoms with Gasteiger partial charge in [-0.1, -0.05) is 13.8 Å². The summed E-state index contributed by atoms with van der Waals surface area (Å²) in [6, 6.07) is 8.61. The third kappa shape index (κ3) is 6.74. The van der Waals surface area contributed by atoms with Gasteiger partial charge in [-0.3, -0.25) is 14.4 Å². The van der Waals surface area contributed by atoms with Crippen molar-refractivity contribution in [3.63, 3.8) is 0 Å². The molecule has 1 aromatic carbocycles. The highest BCUT2D eigenvalue weighted by Crippen LogP contribution is 2.17. The summed E-state index contributed by atoms with van der Waals surface area (Å²) < 4.78 is 18.1. The van der Waals surface area contributed by atoms with Crippen LogP contribution < -0.4 is 10.6 Å². The van der Waals surface area contributed by atoms with E-state index >= 15 is 0 Å². The Morgan fingerprint density at radius 1 is 1.12 bits per heavy atom. The van der Waals surface area contributed by atoms with Gasteiger partial charge in [-0.05, 0) is 42.3 Å². The monoisotopic (exact) mass is 458 g/mol. The first-order valence-corrected chi connectivity index (χ1v) is 10.8. The van der Waals surface area contributed by atoms with Crippen LogP contribution in [-0.4, -0.2) is 40.7 Å². The fraction of sp³-hybridized carbons (Fsp3) is 0.273. The molecule has 0 aliphatic heterocycles. The molecule has 3 aromatic rings. The molecule has 8 nitrogen and oxygen atoms in total. The first-order chi connectivity index (χ1) is 15.3. The van der Waals surface area contributed by atoms with Crippen molar-refractivity contribution >= 4 is 39.9 Å². The molecule has 0 aliphatic carbocycles. The van der Waals surface area contributed by atoms with Crippen molar-refractivity contribution < 1.29 is 23.2 Å². The Balaban J connectivity index is 1.55. The SMILES string of the molecule is CC(C)CN(CC(=O)Nc1nc(CC(=O)Nc2ccc(F)cc2)cs1)C(=O)c1ccco1.